The Balaban J connectivity index is 2.53. The highest BCUT2D eigenvalue weighted by atomic mass is 16.6. The van der Waals surface area contributed by atoms with Crippen molar-refractivity contribution < 1.29 is 48.3 Å². The Kier molecular flexibility index (Phi) is 33.0. The second-order valence-corrected chi connectivity index (χ2v) is 17.5. The van der Waals surface area contributed by atoms with Gasteiger partial charge in [-0.05, 0) is 103 Å². The molecule has 1 saturated carbocycles. The molecule has 0 heterocycles. The van der Waals surface area contributed by atoms with Crippen LogP contribution in [0, 0.1) is 37.5 Å². The van der Waals surface area contributed by atoms with E-state index in [4.69, 9.17) is 32.8 Å². The summed E-state index contributed by atoms with van der Waals surface area (Å²) >= 11 is 0. The summed E-state index contributed by atoms with van der Waals surface area (Å²) < 4.78 is 20.1. The van der Waals surface area contributed by atoms with Crippen LogP contribution in [0.4, 0.5) is 0 Å². The van der Waals surface area contributed by atoms with E-state index in [1.807, 2.05) is 0 Å². The summed E-state index contributed by atoms with van der Waals surface area (Å²) in [6.45, 7) is 20.9. The van der Waals surface area contributed by atoms with Crippen LogP contribution in [0.2, 0.25) is 0 Å². The summed E-state index contributed by atoms with van der Waals surface area (Å²) in [6, 6.07) is 0. The summed E-state index contributed by atoms with van der Waals surface area (Å²) in [4.78, 5) is 47.2. The Morgan fingerprint density at radius 3 is 1.17 bits per heavy atom. The number of hydrogen-bond acceptors (Lipinski definition) is 10. The van der Waals surface area contributed by atoms with Crippen molar-refractivity contribution in [1.82, 2.24) is 0 Å². The predicted molar refractivity (Wildman–Crippen MR) is 237 cm³/mol. The monoisotopic (exact) mass is 845 g/mol. The molecule has 1 rings (SSSR count). The van der Waals surface area contributed by atoms with E-state index in [-0.39, 0.29) is 49.5 Å². The molecule has 0 aromatic carbocycles. The number of carbonyl (C=O) groups is 4. The first kappa shape index (κ1) is 55.3. The summed E-state index contributed by atoms with van der Waals surface area (Å²) in [5.74, 6) is 1.30. The van der Waals surface area contributed by atoms with E-state index in [9.17, 15) is 29.4 Å². The van der Waals surface area contributed by atoms with Crippen molar-refractivity contribution in [2.45, 2.75) is 206 Å². The van der Waals surface area contributed by atoms with Crippen LogP contribution in [-0.4, -0.2) is 72.7 Å². The molecule has 0 saturated heterocycles. The number of hydrogen-bond donors (Lipinski definition) is 2. The number of esters is 4. The molecule has 1 fully saturated rings. The second-order valence-electron chi connectivity index (χ2n) is 17.5. The van der Waals surface area contributed by atoms with Gasteiger partial charge in [0, 0.05) is 24.0 Å². The SMILES string of the molecule is [CH]CCCCCCC1C(CCCC[CH])CCC(CCCCCCCCC(=O)OCC(O)COC(=O)C(=C)C)C1CCCCCCCCC(=O)OCC(O)COC(=O)C(=C)C. The van der Waals surface area contributed by atoms with Crippen molar-refractivity contribution in [3.63, 3.8) is 0 Å². The average molecular weight is 845 g/mol. The second kappa shape index (κ2) is 35.8. The normalized spacial score (nSPS) is 18.6. The molecule has 60 heavy (non-hydrogen) atoms. The van der Waals surface area contributed by atoms with Crippen LogP contribution >= 0.6 is 0 Å². The highest BCUT2D eigenvalue weighted by Crippen LogP contribution is 2.47. The molecule has 1 aliphatic rings. The Labute approximate surface area is 365 Å². The highest BCUT2D eigenvalue weighted by molar-refractivity contribution is 5.87. The zero-order valence-corrected chi connectivity index (χ0v) is 37.8. The van der Waals surface area contributed by atoms with Crippen LogP contribution in [0.5, 0.6) is 0 Å². The van der Waals surface area contributed by atoms with Crippen LogP contribution in [0.1, 0.15) is 194 Å². The number of rotatable bonds is 38. The highest BCUT2D eigenvalue weighted by Gasteiger charge is 2.37. The summed E-state index contributed by atoms with van der Waals surface area (Å²) in [5, 5.41) is 19.8. The summed E-state index contributed by atoms with van der Waals surface area (Å²) in [6.07, 6.45) is 28.1. The van der Waals surface area contributed by atoms with E-state index in [1.54, 1.807) is 0 Å². The first-order valence-electron chi connectivity index (χ1n) is 23.6. The molecule has 4 radical (unpaired) electrons. The smallest absolute Gasteiger partial charge is 0.333 e. The maximum Gasteiger partial charge on any atom is 0.333 e. The van der Waals surface area contributed by atoms with Gasteiger partial charge in [-0.15, -0.1) is 0 Å². The topological polar surface area (TPSA) is 146 Å². The molecule has 1 aliphatic carbocycles. The van der Waals surface area contributed by atoms with Gasteiger partial charge in [-0.2, -0.15) is 0 Å². The molecule has 6 unspecified atom stereocenters. The fraction of sp³-hybridized carbons (Fsp3) is 0.800. The van der Waals surface area contributed by atoms with E-state index in [0.717, 1.165) is 101 Å². The number of ether oxygens (including phenoxy) is 4. The van der Waals surface area contributed by atoms with Gasteiger partial charge in [0.15, 0.2) is 0 Å². The Morgan fingerprint density at radius 2 is 0.783 bits per heavy atom. The molecule has 0 spiro atoms. The van der Waals surface area contributed by atoms with Gasteiger partial charge >= 0.3 is 23.9 Å². The zero-order chi connectivity index (χ0) is 44.4. The van der Waals surface area contributed by atoms with Crippen LogP contribution in [0.25, 0.3) is 0 Å². The van der Waals surface area contributed by atoms with Gasteiger partial charge in [-0.1, -0.05) is 129 Å². The number of carbonyl (C=O) groups excluding carboxylic acids is 4. The quantitative estimate of drug-likeness (QED) is 0.0266. The minimum absolute atomic E-state index is 0.192. The molecule has 0 aromatic heterocycles. The standard InChI is InChI=1S/C50H84O10/c1-7-9-11-16-23-29-45-41(27-21-10-8-2)33-34-42(28-22-17-12-14-19-25-31-47(53)57-35-43(51)37-59-49(55)39(3)4)46(45)30-24-18-13-15-20-26-32-48(54)58-36-44(52)38-60-50(56)40(5)6/h1-2,41-46,51-52H,3,5,7-38H2,4,6H3. The van der Waals surface area contributed by atoms with Gasteiger partial charge in [0.1, 0.15) is 38.6 Å². The molecule has 0 aliphatic heterocycles. The molecule has 6 atom stereocenters. The van der Waals surface area contributed by atoms with E-state index < -0.39 is 24.1 Å². The Hall–Kier alpha value is -2.72. The van der Waals surface area contributed by atoms with Gasteiger partial charge in [0.25, 0.3) is 0 Å². The zero-order valence-electron chi connectivity index (χ0n) is 37.8. The lowest BCUT2D eigenvalue weighted by atomic mass is 9.61. The van der Waals surface area contributed by atoms with Crippen molar-refractivity contribution in [1.29, 1.82) is 0 Å². The van der Waals surface area contributed by atoms with Crippen molar-refractivity contribution in [3.05, 3.63) is 38.2 Å². The third-order valence-electron chi connectivity index (χ3n) is 11.9. The van der Waals surface area contributed by atoms with Crippen LogP contribution in [-0.2, 0) is 38.1 Å². The summed E-state index contributed by atoms with van der Waals surface area (Å²) in [7, 11) is 0. The lowest BCUT2D eigenvalue weighted by molar-refractivity contribution is -0.152. The maximum absolute atomic E-state index is 12.2. The minimum atomic E-state index is -1.05. The molecular weight excluding hydrogens is 761 g/mol. The lowest BCUT2D eigenvalue weighted by Gasteiger charge is -2.44. The van der Waals surface area contributed by atoms with Crippen LogP contribution < -0.4 is 0 Å². The Bertz CT molecular complexity index is 1180. The largest absolute Gasteiger partial charge is 0.463 e. The first-order chi connectivity index (χ1) is 28.9. The maximum atomic E-state index is 12.2. The van der Waals surface area contributed by atoms with E-state index in [1.165, 1.54) is 104 Å². The lowest BCUT2D eigenvalue weighted by Crippen LogP contribution is -2.35. The molecule has 0 aromatic rings. The predicted octanol–water partition coefficient (Wildman–Crippen LogP) is 10.9. The van der Waals surface area contributed by atoms with E-state index in [0.29, 0.717) is 12.8 Å². The summed E-state index contributed by atoms with van der Waals surface area (Å²) in [5.41, 5.74) is 0.502. The molecule has 0 amide bonds. The van der Waals surface area contributed by atoms with Gasteiger partial charge in [-0.3, -0.25) is 9.59 Å². The number of unbranched alkanes of at least 4 members (excludes halogenated alkanes) is 16. The first-order valence-corrected chi connectivity index (χ1v) is 23.6. The molecule has 2 N–H and O–H groups in total. The van der Waals surface area contributed by atoms with Crippen LogP contribution in [0.3, 0.4) is 0 Å². The molecule has 10 nitrogen and oxygen atoms in total. The van der Waals surface area contributed by atoms with Crippen molar-refractivity contribution in [3.8, 4) is 0 Å². The van der Waals surface area contributed by atoms with E-state index in [2.05, 4.69) is 13.2 Å². The van der Waals surface area contributed by atoms with Crippen molar-refractivity contribution in [2.75, 3.05) is 26.4 Å². The minimum Gasteiger partial charge on any atom is -0.463 e. The average Bonchev–Trinajstić information content (AvgIpc) is 3.22. The van der Waals surface area contributed by atoms with E-state index >= 15 is 0 Å². The Morgan fingerprint density at radius 1 is 0.483 bits per heavy atom. The molecule has 0 bridgehead atoms. The fourth-order valence-corrected chi connectivity index (χ4v) is 8.55. The van der Waals surface area contributed by atoms with Crippen molar-refractivity contribution >= 4 is 23.9 Å². The van der Waals surface area contributed by atoms with Crippen LogP contribution in [0.15, 0.2) is 24.3 Å². The number of aliphatic hydroxyl groups excluding tert-OH is 2. The molecule has 344 valence electrons. The third kappa shape index (κ3) is 28.0. The fourth-order valence-electron chi connectivity index (χ4n) is 8.55. The van der Waals surface area contributed by atoms with Crippen molar-refractivity contribution in [2.24, 2.45) is 23.7 Å². The third-order valence-corrected chi connectivity index (χ3v) is 11.9. The van der Waals surface area contributed by atoms with Gasteiger partial charge in [0.2, 0.25) is 0 Å². The van der Waals surface area contributed by atoms with Gasteiger partial charge in [0.05, 0.1) is 0 Å². The van der Waals surface area contributed by atoms with Gasteiger partial charge < -0.3 is 29.2 Å². The molecule has 10 heteroatoms. The molecular formula is C50H84O10. The van der Waals surface area contributed by atoms with Gasteiger partial charge in [-0.25, -0.2) is 9.59 Å². The number of aliphatic hydroxyl groups is 2.